The summed E-state index contributed by atoms with van der Waals surface area (Å²) >= 11 is 0. The first kappa shape index (κ1) is 18.9. The summed E-state index contributed by atoms with van der Waals surface area (Å²) in [5.41, 5.74) is 1.57. The number of rotatable bonds is 8. The topological polar surface area (TPSA) is 61.4 Å². The number of carbonyl (C=O) groups is 1. The van der Waals surface area contributed by atoms with Crippen molar-refractivity contribution in [2.75, 3.05) is 6.61 Å². The van der Waals surface area contributed by atoms with E-state index in [0.29, 0.717) is 24.8 Å². The quantitative estimate of drug-likeness (QED) is 0.685. The summed E-state index contributed by atoms with van der Waals surface area (Å²) in [6.07, 6.45) is 1.67. The first-order chi connectivity index (χ1) is 12.1. The second-order valence-corrected chi connectivity index (χ2v) is 6.14. The van der Waals surface area contributed by atoms with Gasteiger partial charge in [0.1, 0.15) is 5.82 Å². The maximum absolute atomic E-state index is 13.7. The van der Waals surface area contributed by atoms with Gasteiger partial charge in [-0.15, -0.1) is 0 Å². The SMILES string of the molecule is CC(Cc1ccccc1F)NC(=O)NC(CCCO)c1ccccc1. The lowest BCUT2D eigenvalue weighted by molar-refractivity contribution is 0.230. The van der Waals surface area contributed by atoms with Gasteiger partial charge in [0.25, 0.3) is 0 Å². The molecule has 0 aliphatic rings. The van der Waals surface area contributed by atoms with E-state index in [1.165, 1.54) is 6.07 Å². The van der Waals surface area contributed by atoms with E-state index in [1.807, 2.05) is 37.3 Å². The number of benzene rings is 2. The van der Waals surface area contributed by atoms with E-state index in [0.717, 1.165) is 5.56 Å². The fourth-order valence-corrected chi connectivity index (χ4v) is 2.77. The van der Waals surface area contributed by atoms with Crippen molar-refractivity contribution in [3.63, 3.8) is 0 Å². The minimum Gasteiger partial charge on any atom is -0.396 e. The Balaban J connectivity index is 1.92. The van der Waals surface area contributed by atoms with Gasteiger partial charge in [-0.25, -0.2) is 9.18 Å². The van der Waals surface area contributed by atoms with Gasteiger partial charge >= 0.3 is 6.03 Å². The van der Waals surface area contributed by atoms with Crippen molar-refractivity contribution >= 4 is 6.03 Å². The highest BCUT2D eigenvalue weighted by molar-refractivity contribution is 5.74. The third-order valence-electron chi connectivity index (χ3n) is 4.02. The highest BCUT2D eigenvalue weighted by atomic mass is 19.1. The molecule has 4 nitrogen and oxygen atoms in total. The highest BCUT2D eigenvalue weighted by Gasteiger charge is 2.16. The molecule has 5 heteroatoms. The number of hydrogen-bond donors (Lipinski definition) is 3. The van der Waals surface area contributed by atoms with Crippen LogP contribution in [0.5, 0.6) is 0 Å². The van der Waals surface area contributed by atoms with E-state index in [9.17, 15) is 9.18 Å². The molecule has 0 aromatic heterocycles. The Morgan fingerprint density at radius 2 is 1.76 bits per heavy atom. The van der Waals surface area contributed by atoms with Crippen LogP contribution in [0.3, 0.4) is 0 Å². The number of urea groups is 1. The fourth-order valence-electron chi connectivity index (χ4n) is 2.77. The lowest BCUT2D eigenvalue weighted by Crippen LogP contribution is -2.43. The van der Waals surface area contributed by atoms with Gasteiger partial charge in [0.15, 0.2) is 0 Å². The normalized spacial score (nSPS) is 13.1. The summed E-state index contributed by atoms with van der Waals surface area (Å²) in [6.45, 7) is 1.92. The van der Waals surface area contributed by atoms with Crippen LogP contribution in [0.15, 0.2) is 54.6 Å². The second kappa shape index (κ2) is 9.79. The average molecular weight is 344 g/mol. The van der Waals surface area contributed by atoms with Crippen molar-refractivity contribution in [3.05, 3.63) is 71.5 Å². The molecule has 0 bridgehead atoms. The first-order valence-corrected chi connectivity index (χ1v) is 8.56. The molecular weight excluding hydrogens is 319 g/mol. The zero-order chi connectivity index (χ0) is 18.1. The Kier molecular flexibility index (Phi) is 7.41. The summed E-state index contributed by atoms with van der Waals surface area (Å²) in [4.78, 5) is 12.3. The molecule has 0 heterocycles. The van der Waals surface area contributed by atoms with E-state index in [2.05, 4.69) is 10.6 Å². The largest absolute Gasteiger partial charge is 0.396 e. The number of carbonyl (C=O) groups excluding carboxylic acids is 1. The number of aliphatic hydroxyl groups is 1. The Hall–Kier alpha value is -2.40. The van der Waals surface area contributed by atoms with E-state index in [4.69, 9.17) is 5.11 Å². The van der Waals surface area contributed by atoms with Crippen LogP contribution in [-0.2, 0) is 6.42 Å². The number of nitrogens with one attached hydrogen (secondary N) is 2. The monoisotopic (exact) mass is 344 g/mol. The molecule has 25 heavy (non-hydrogen) atoms. The number of hydrogen-bond acceptors (Lipinski definition) is 2. The van der Waals surface area contributed by atoms with Gasteiger partial charge in [0.2, 0.25) is 0 Å². The molecule has 0 saturated carbocycles. The molecule has 0 aliphatic heterocycles. The lowest BCUT2D eigenvalue weighted by atomic mass is 10.0. The van der Waals surface area contributed by atoms with Crippen LogP contribution < -0.4 is 10.6 Å². The molecule has 0 spiro atoms. The van der Waals surface area contributed by atoms with Crippen LogP contribution in [0.2, 0.25) is 0 Å². The predicted molar refractivity (Wildman–Crippen MR) is 96.7 cm³/mol. The van der Waals surface area contributed by atoms with Gasteiger partial charge in [0.05, 0.1) is 6.04 Å². The van der Waals surface area contributed by atoms with Crippen LogP contribution in [0, 0.1) is 5.82 Å². The zero-order valence-corrected chi connectivity index (χ0v) is 14.4. The third-order valence-corrected chi connectivity index (χ3v) is 4.02. The van der Waals surface area contributed by atoms with E-state index in [-0.39, 0.29) is 30.5 Å². The average Bonchev–Trinajstić information content (AvgIpc) is 2.61. The highest BCUT2D eigenvalue weighted by Crippen LogP contribution is 2.18. The summed E-state index contributed by atoms with van der Waals surface area (Å²) in [6, 6.07) is 15.6. The molecule has 2 unspecified atom stereocenters. The van der Waals surface area contributed by atoms with E-state index in [1.54, 1.807) is 18.2 Å². The van der Waals surface area contributed by atoms with Gasteiger partial charge in [0, 0.05) is 12.6 Å². The Labute approximate surface area is 148 Å². The molecule has 2 atom stereocenters. The summed E-state index contributed by atoms with van der Waals surface area (Å²) in [7, 11) is 0. The van der Waals surface area contributed by atoms with Crippen LogP contribution in [-0.4, -0.2) is 23.8 Å². The number of aliphatic hydroxyl groups excluding tert-OH is 1. The second-order valence-electron chi connectivity index (χ2n) is 6.14. The molecular formula is C20H25FN2O2. The number of halogens is 1. The minimum atomic E-state index is -0.296. The molecule has 0 saturated heterocycles. The lowest BCUT2D eigenvalue weighted by Gasteiger charge is -2.21. The molecule has 2 amide bonds. The predicted octanol–water partition coefficient (Wildman–Crippen LogP) is 3.57. The van der Waals surface area contributed by atoms with Gasteiger partial charge in [-0.3, -0.25) is 0 Å². The van der Waals surface area contributed by atoms with Gasteiger partial charge < -0.3 is 15.7 Å². The molecule has 2 rings (SSSR count). The van der Waals surface area contributed by atoms with Crippen LogP contribution >= 0.6 is 0 Å². The van der Waals surface area contributed by atoms with Gasteiger partial charge in [-0.05, 0) is 43.4 Å². The zero-order valence-electron chi connectivity index (χ0n) is 14.4. The van der Waals surface area contributed by atoms with Crippen molar-refractivity contribution < 1.29 is 14.3 Å². The summed E-state index contributed by atoms with van der Waals surface area (Å²) < 4.78 is 13.7. The first-order valence-electron chi connectivity index (χ1n) is 8.56. The van der Waals surface area contributed by atoms with E-state index >= 15 is 0 Å². The molecule has 3 N–H and O–H groups in total. The van der Waals surface area contributed by atoms with Crippen molar-refractivity contribution in [2.45, 2.75) is 38.3 Å². The summed E-state index contributed by atoms with van der Waals surface area (Å²) in [5.74, 6) is -0.262. The Bertz CT molecular complexity index is 664. The molecule has 2 aromatic carbocycles. The summed E-state index contributed by atoms with van der Waals surface area (Å²) in [5, 5.41) is 14.9. The molecule has 134 valence electrons. The maximum Gasteiger partial charge on any atom is 0.315 e. The molecule has 0 radical (unpaired) electrons. The van der Waals surface area contributed by atoms with Gasteiger partial charge in [-0.2, -0.15) is 0 Å². The number of amides is 2. The van der Waals surface area contributed by atoms with Crippen molar-refractivity contribution in [2.24, 2.45) is 0 Å². The van der Waals surface area contributed by atoms with Crippen LogP contribution in [0.1, 0.15) is 36.9 Å². The van der Waals surface area contributed by atoms with Crippen molar-refractivity contribution in [1.82, 2.24) is 10.6 Å². The van der Waals surface area contributed by atoms with E-state index < -0.39 is 0 Å². The molecule has 0 aliphatic carbocycles. The maximum atomic E-state index is 13.7. The molecule has 2 aromatic rings. The van der Waals surface area contributed by atoms with Gasteiger partial charge in [-0.1, -0.05) is 48.5 Å². The Morgan fingerprint density at radius 3 is 2.44 bits per heavy atom. The van der Waals surface area contributed by atoms with Crippen LogP contribution in [0.25, 0.3) is 0 Å². The third kappa shape index (κ3) is 6.19. The smallest absolute Gasteiger partial charge is 0.315 e. The van der Waals surface area contributed by atoms with Crippen molar-refractivity contribution in [3.8, 4) is 0 Å². The Morgan fingerprint density at radius 1 is 1.08 bits per heavy atom. The minimum absolute atomic E-state index is 0.0797. The van der Waals surface area contributed by atoms with Crippen molar-refractivity contribution in [1.29, 1.82) is 0 Å². The van der Waals surface area contributed by atoms with Crippen LogP contribution in [0.4, 0.5) is 9.18 Å². The molecule has 0 fully saturated rings. The standard InChI is InChI=1S/C20H25FN2O2/c1-15(14-17-10-5-6-11-18(17)21)22-20(25)23-19(12-7-13-24)16-8-3-2-4-9-16/h2-6,8-11,15,19,24H,7,12-14H2,1H3,(H2,22,23,25). The fraction of sp³-hybridized carbons (Fsp3) is 0.350.